The summed E-state index contributed by atoms with van der Waals surface area (Å²) in [4.78, 5) is 15.4. The average Bonchev–Trinajstić information content (AvgIpc) is 2.74. The minimum atomic E-state index is -0.303. The van der Waals surface area contributed by atoms with Gasteiger partial charge < -0.3 is 5.32 Å². The Hall–Kier alpha value is -1.88. The number of H-pyrrole nitrogens is 1. The first-order valence-corrected chi connectivity index (χ1v) is 4.55. The van der Waals surface area contributed by atoms with Crippen molar-refractivity contribution in [3.63, 3.8) is 0 Å². The molecule has 6 heteroatoms. The first-order valence-electron chi connectivity index (χ1n) is 4.17. The number of nitrogens with one attached hydrogen (secondary N) is 2. The predicted octanol–water partition coefficient (Wildman–Crippen LogP) is 1.71. The van der Waals surface area contributed by atoms with Crippen LogP contribution in [0.1, 0.15) is 10.5 Å². The number of aromatic amines is 1. The van der Waals surface area contributed by atoms with Crippen LogP contribution in [-0.2, 0) is 0 Å². The standard InChI is InChI=1S/C9H7ClN4O/c10-6-1-3-11-5-8(6)13-9(15)7-2-4-12-14-7/h1-5H,(H,12,14)(H,13,15). The predicted molar refractivity (Wildman–Crippen MR) is 55.8 cm³/mol. The van der Waals surface area contributed by atoms with E-state index < -0.39 is 0 Å². The second-order valence-electron chi connectivity index (χ2n) is 2.78. The van der Waals surface area contributed by atoms with Gasteiger partial charge in [-0.05, 0) is 12.1 Å². The number of rotatable bonds is 2. The maximum absolute atomic E-state index is 11.6. The molecule has 2 aromatic rings. The van der Waals surface area contributed by atoms with Gasteiger partial charge in [-0.15, -0.1) is 0 Å². The van der Waals surface area contributed by atoms with Crippen molar-refractivity contribution in [3.8, 4) is 0 Å². The summed E-state index contributed by atoms with van der Waals surface area (Å²) in [7, 11) is 0. The number of anilines is 1. The number of carbonyl (C=O) groups excluding carboxylic acids is 1. The fourth-order valence-corrected chi connectivity index (χ4v) is 1.19. The van der Waals surface area contributed by atoms with Gasteiger partial charge in [0.05, 0.1) is 16.9 Å². The zero-order valence-corrected chi connectivity index (χ0v) is 8.32. The van der Waals surface area contributed by atoms with Gasteiger partial charge in [-0.1, -0.05) is 11.6 Å². The summed E-state index contributed by atoms with van der Waals surface area (Å²) in [6.45, 7) is 0. The highest BCUT2D eigenvalue weighted by Gasteiger charge is 2.08. The van der Waals surface area contributed by atoms with Gasteiger partial charge in [0.25, 0.3) is 5.91 Å². The Balaban J connectivity index is 2.17. The molecule has 0 aliphatic rings. The van der Waals surface area contributed by atoms with E-state index in [0.29, 0.717) is 16.4 Å². The van der Waals surface area contributed by atoms with Crippen molar-refractivity contribution in [1.82, 2.24) is 15.2 Å². The Morgan fingerprint density at radius 1 is 1.40 bits per heavy atom. The van der Waals surface area contributed by atoms with Crippen molar-refractivity contribution >= 4 is 23.2 Å². The Kier molecular flexibility index (Phi) is 2.64. The minimum absolute atomic E-state index is 0.303. The first-order chi connectivity index (χ1) is 7.27. The third-order valence-corrected chi connectivity index (χ3v) is 2.09. The van der Waals surface area contributed by atoms with E-state index in [9.17, 15) is 4.79 Å². The monoisotopic (exact) mass is 222 g/mol. The Morgan fingerprint density at radius 3 is 2.93 bits per heavy atom. The molecular weight excluding hydrogens is 216 g/mol. The summed E-state index contributed by atoms with van der Waals surface area (Å²) in [6.07, 6.45) is 4.53. The molecule has 2 N–H and O–H groups in total. The second-order valence-corrected chi connectivity index (χ2v) is 3.19. The highest BCUT2D eigenvalue weighted by molar-refractivity contribution is 6.33. The van der Waals surface area contributed by atoms with Crippen LogP contribution in [-0.4, -0.2) is 21.1 Å². The summed E-state index contributed by atoms with van der Waals surface area (Å²) in [6, 6.07) is 3.17. The van der Waals surface area contributed by atoms with Crippen molar-refractivity contribution in [2.45, 2.75) is 0 Å². The molecule has 0 bridgehead atoms. The molecule has 0 unspecified atom stereocenters. The van der Waals surface area contributed by atoms with Crippen LogP contribution >= 0.6 is 11.6 Å². The number of pyridine rings is 1. The molecule has 5 nitrogen and oxygen atoms in total. The van der Waals surface area contributed by atoms with Gasteiger partial charge >= 0.3 is 0 Å². The molecule has 2 aromatic heterocycles. The van der Waals surface area contributed by atoms with E-state index in [2.05, 4.69) is 20.5 Å². The minimum Gasteiger partial charge on any atom is -0.318 e. The lowest BCUT2D eigenvalue weighted by atomic mass is 10.3. The molecule has 0 radical (unpaired) electrons. The average molecular weight is 223 g/mol. The van der Waals surface area contributed by atoms with Crippen LogP contribution in [0.15, 0.2) is 30.7 Å². The molecule has 2 rings (SSSR count). The van der Waals surface area contributed by atoms with Crippen molar-refractivity contribution in [1.29, 1.82) is 0 Å². The highest BCUT2D eigenvalue weighted by Crippen LogP contribution is 2.19. The van der Waals surface area contributed by atoms with Crippen molar-refractivity contribution in [2.24, 2.45) is 0 Å². The number of amides is 1. The smallest absolute Gasteiger partial charge is 0.273 e. The summed E-state index contributed by atoms with van der Waals surface area (Å²) >= 11 is 5.85. The number of aromatic nitrogens is 3. The van der Waals surface area contributed by atoms with Crippen LogP contribution in [0, 0.1) is 0 Å². The van der Waals surface area contributed by atoms with Crippen molar-refractivity contribution in [2.75, 3.05) is 5.32 Å². The fourth-order valence-electron chi connectivity index (χ4n) is 1.04. The van der Waals surface area contributed by atoms with Crippen LogP contribution in [0.3, 0.4) is 0 Å². The molecule has 1 amide bonds. The van der Waals surface area contributed by atoms with E-state index in [4.69, 9.17) is 11.6 Å². The largest absolute Gasteiger partial charge is 0.318 e. The van der Waals surface area contributed by atoms with Crippen LogP contribution in [0.25, 0.3) is 0 Å². The van der Waals surface area contributed by atoms with Crippen LogP contribution in [0.2, 0.25) is 5.02 Å². The van der Waals surface area contributed by atoms with Gasteiger partial charge in [0.15, 0.2) is 0 Å². The normalized spacial score (nSPS) is 9.93. The van der Waals surface area contributed by atoms with Crippen molar-refractivity contribution in [3.05, 3.63) is 41.4 Å². The molecule has 0 aliphatic carbocycles. The van der Waals surface area contributed by atoms with Gasteiger partial charge in [-0.25, -0.2) is 0 Å². The molecular formula is C9H7ClN4O. The number of hydrogen-bond donors (Lipinski definition) is 2. The molecule has 0 aromatic carbocycles. The molecule has 2 heterocycles. The number of nitrogens with zero attached hydrogens (tertiary/aromatic N) is 2. The molecule has 0 saturated heterocycles. The SMILES string of the molecule is O=C(Nc1cnccc1Cl)c1ccn[nH]1. The fraction of sp³-hybridized carbons (Fsp3) is 0. The zero-order chi connectivity index (χ0) is 10.7. The number of carbonyl (C=O) groups is 1. The third kappa shape index (κ3) is 2.13. The van der Waals surface area contributed by atoms with Crippen LogP contribution in [0.5, 0.6) is 0 Å². The maximum Gasteiger partial charge on any atom is 0.273 e. The number of hydrogen-bond acceptors (Lipinski definition) is 3. The quantitative estimate of drug-likeness (QED) is 0.813. The van der Waals surface area contributed by atoms with Crippen molar-refractivity contribution < 1.29 is 4.79 Å². The highest BCUT2D eigenvalue weighted by atomic mass is 35.5. The summed E-state index contributed by atoms with van der Waals surface area (Å²) < 4.78 is 0. The Bertz CT molecular complexity index is 469. The van der Waals surface area contributed by atoms with Gasteiger partial charge in [0, 0.05) is 12.4 Å². The van der Waals surface area contributed by atoms with E-state index in [0.717, 1.165) is 0 Å². The molecule has 0 saturated carbocycles. The van der Waals surface area contributed by atoms with Gasteiger partial charge in [-0.2, -0.15) is 5.10 Å². The van der Waals surface area contributed by atoms with E-state index in [1.807, 2.05) is 0 Å². The Labute approximate surface area is 90.5 Å². The summed E-state index contributed by atoms with van der Waals surface area (Å²) in [5.74, 6) is -0.303. The number of halogens is 1. The second kappa shape index (κ2) is 4.10. The maximum atomic E-state index is 11.6. The summed E-state index contributed by atoms with van der Waals surface area (Å²) in [5.41, 5.74) is 0.841. The first kappa shape index (κ1) is 9.67. The molecule has 0 fully saturated rings. The van der Waals surface area contributed by atoms with Crippen LogP contribution in [0.4, 0.5) is 5.69 Å². The van der Waals surface area contributed by atoms with Gasteiger partial charge in [-0.3, -0.25) is 14.9 Å². The summed E-state index contributed by atoms with van der Waals surface area (Å²) in [5, 5.41) is 9.27. The molecule has 0 aliphatic heterocycles. The van der Waals surface area contributed by atoms with E-state index >= 15 is 0 Å². The lowest BCUT2D eigenvalue weighted by Crippen LogP contribution is -2.12. The van der Waals surface area contributed by atoms with E-state index in [1.54, 1.807) is 18.3 Å². The lowest BCUT2D eigenvalue weighted by Gasteiger charge is -2.03. The van der Waals surface area contributed by atoms with E-state index in [-0.39, 0.29) is 5.91 Å². The molecule has 76 valence electrons. The molecule has 15 heavy (non-hydrogen) atoms. The third-order valence-electron chi connectivity index (χ3n) is 1.76. The molecule has 0 atom stereocenters. The van der Waals surface area contributed by atoms with E-state index in [1.165, 1.54) is 12.4 Å². The van der Waals surface area contributed by atoms with Gasteiger partial charge in [0.1, 0.15) is 5.69 Å². The van der Waals surface area contributed by atoms with Gasteiger partial charge in [0.2, 0.25) is 0 Å². The molecule has 0 spiro atoms. The topological polar surface area (TPSA) is 70.7 Å². The zero-order valence-electron chi connectivity index (χ0n) is 7.57. The lowest BCUT2D eigenvalue weighted by molar-refractivity contribution is 0.102. The van der Waals surface area contributed by atoms with Crippen LogP contribution < -0.4 is 5.32 Å². The Morgan fingerprint density at radius 2 is 2.27 bits per heavy atom.